The fourth-order valence-corrected chi connectivity index (χ4v) is 1.92. The van der Waals surface area contributed by atoms with Gasteiger partial charge >= 0.3 is 0 Å². The van der Waals surface area contributed by atoms with Gasteiger partial charge in [0.2, 0.25) is 0 Å². The van der Waals surface area contributed by atoms with Crippen molar-refractivity contribution in [2.24, 2.45) is 0 Å². The van der Waals surface area contributed by atoms with Crippen LogP contribution in [-0.2, 0) is 10.2 Å². The number of ether oxygens (including phenoxy) is 1. The highest BCUT2D eigenvalue weighted by Gasteiger charge is 2.43. The third kappa shape index (κ3) is 1.75. The molecule has 1 aromatic rings. The summed E-state index contributed by atoms with van der Waals surface area (Å²) in [6.45, 7) is 0.884. The zero-order valence-electron chi connectivity index (χ0n) is 8.12. The van der Waals surface area contributed by atoms with Crippen molar-refractivity contribution in [1.82, 2.24) is 0 Å². The van der Waals surface area contributed by atoms with Crippen LogP contribution in [0.4, 0.5) is 0 Å². The maximum absolute atomic E-state index is 5.14. The first-order valence-electron chi connectivity index (χ1n) is 4.92. The second-order valence-electron chi connectivity index (χ2n) is 3.89. The van der Waals surface area contributed by atoms with E-state index in [0.29, 0.717) is 5.41 Å². The molecule has 0 heterocycles. The van der Waals surface area contributed by atoms with E-state index in [9.17, 15) is 0 Å². The number of benzene rings is 1. The smallest absolute Gasteiger partial charge is 0.0470 e. The van der Waals surface area contributed by atoms with E-state index in [-0.39, 0.29) is 0 Å². The molecule has 0 aliphatic heterocycles. The van der Waals surface area contributed by atoms with Gasteiger partial charge in [0.05, 0.1) is 0 Å². The van der Waals surface area contributed by atoms with Crippen molar-refractivity contribution in [3.8, 4) is 0 Å². The minimum absolute atomic E-state index is 0.470. The van der Waals surface area contributed by atoms with Crippen LogP contribution in [-0.4, -0.2) is 13.7 Å². The highest BCUT2D eigenvalue weighted by Crippen LogP contribution is 2.50. The summed E-state index contributed by atoms with van der Waals surface area (Å²) in [7, 11) is 1.78. The molecule has 0 N–H and O–H groups in total. The molecule has 1 aliphatic rings. The van der Waals surface area contributed by atoms with Crippen molar-refractivity contribution in [1.29, 1.82) is 0 Å². The summed E-state index contributed by atoms with van der Waals surface area (Å²) in [5, 5.41) is 0. The molecule has 1 aromatic carbocycles. The van der Waals surface area contributed by atoms with Gasteiger partial charge < -0.3 is 4.74 Å². The van der Waals surface area contributed by atoms with E-state index in [0.717, 1.165) is 6.61 Å². The molecule has 1 saturated carbocycles. The Labute approximate surface area is 79.7 Å². The normalized spacial score (nSPS) is 18.5. The quantitative estimate of drug-likeness (QED) is 0.685. The highest BCUT2D eigenvalue weighted by molar-refractivity contribution is 5.30. The molecule has 13 heavy (non-hydrogen) atoms. The van der Waals surface area contributed by atoms with Gasteiger partial charge in [-0.15, -0.1) is 0 Å². The predicted molar refractivity (Wildman–Crippen MR) is 53.8 cm³/mol. The molecule has 0 spiro atoms. The summed E-state index contributed by atoms with van der Waals surface area (Å²) in [6, 6.07) is 10.8. The summed E-state index contributed by atoms with van der Waals surface area (Å²) in [4.78, 5) is 0. The summed E-state index contributed by atoms with van der Waals surface area (Å²) < 4.78 is 5.14. The highest BCUT2D eigenvalue weighted by atomic mass is 16.5. The van der Waals surface area contributed by atoms with Gasteiger partial charge in [0.25, 0.3) is 0 Å². The van der Waals surface area contributed by atoms with Crippen LogP contribution in [0.25, 0.3) is 0 Å². The number of hydrogen-bond donors (Lipinski definition) is 0. The van der Waals surface area contributed by atoms with Gasteiger partial charge in [-0.25, -0.2) is 0 Å². The Balaban J connectivity index is 2.07. The predicted octanol–water partition coefficient (Wildman–Crippen LogP) is 2.75. The van der Waals surface area contributed by atoms with Gasteiger partial charge in [0.15, 0.2) is 0 Å². The van der Waals surface area contributed by atoms with Gasteiger partial charge in [-0.1, -0.05) is 30.3 Å². The first-order chi connectivity index (χ1) is 6.37. The average molecular weight is 176 g/mol. The summed E-state index contributed by atoms with van der Waals surface area (Å²) in [6.07, 6.45) is 3.84. The van der Waals surface area contributed by atoms with Crippen LogP contribution in [0.5, 0.6) is 0 Å². The Hall–Kier alpha value is -0.820. The molecular weight excluding hydrogens is 160 g/mol. The van der Waals surface area contributed by atoms with Gasteiger partial charge in [0.1, 0.15) is 0 Å². The van der Waals surface area contributed by atoms with E-state index < -0.39 is 0 Å². The van der Waals surface area contributed by atoms with Gasteiger partial charge in [-0.3, -0.25) is 0 Å². The summed E-state index contributed by atoms with van der Waals surface area (Å²) in [5.74, 6) is 0. The fraction of sp³-hybridized carbons (Fsp3) is 0.500. The van der Waals surface area contributed by atoms with Crippen LogP contribution in [0.15, 0.2) is 30.3 Å². The van der Waals surface area contributed by atoms with Crippen LogP contribution < -0.4 is 0 Å². The summed E-state index contributed by atoms with van der Waals surface area (Å²) in [5.41, 5.74) is 1.96. The minimum Gasteiger partial charge on any atom is -0.385 e. The molecular formula is C12H16O. The van der Waals surface area contributed by atoms with Crippen LogP contribution in [0.1, 0.15) is 24.8 Å². The topological polar surface area (TPSA) is 9.23 Å². The van der Waals surface area contributed by atoms with E-state index >= 15 is 0 Å². The molecule has 0 radical (unpaired) electrons. The van der Waals surface area contributed by atoms with Crippen molar-refractivity contribution >= 4 is 0 Å². The van der Waals surface area contributed by atoms with Crippen LogP contribution in [0.2, 0.25) is 0 Å². The van der Waals surface area contributed by atoms with E-state index in [4.69, 9.17) is 4.74 Å². The number of rotatable bonds is 4. The zero-order valence-corrected chi connectivity index (χ0v) is 8.12. The van der Waals surface area contributed by atoms with E-state index in [1.54, 1.807) is 7.11 Å². The first kappa shape index (κ1) is 8.76. The van der Waals surface area contributed by atoms with Crippen LogP contribution in [0.3, 0.4) is 0 Å². The third-order valence-electron chi connectivity index (χ3n) is 3.02. The molecule has 1 aliphatic carbocycles. The Kier molecular flexibility index (Phi) is 2.36. The Bertz CT molecular complexity index is 262. The molecule has 70 valence electrons. The number of methoxy groups -OCH3 is 1. The van der Waals surface area contributed by atoms with Crippen molar-refractivity contribution in [3.63, 3.8) is 0 Å². The monoisotopic (exact) mass is 176 g/mol. The molecule has 2 rings (SSSR count). The summed E-state index contributed by atoms with van der Waals surface area (Å²) >= 11 is 0. The van der Waals surface area contributed by atoms with Crippen molar-refractivity contribution in [2.75, 3.05) is 13.7 Å². The molecule has 0 amide bonds. The Morgan fingerprint density at radius 2 is 1.92 bits per heavy atom. The second-order valence-corrected chi connectivity index (χ2v) is 3.89. The van der Waals surface area contributed by atoms with Gasteiger partial charge in [-0.2, -0.15) is 0 Å². The molecule has 1 heteroatoms. The van der Waals surface area contributed by atoms with Gasteiger partial charge in [0, 0.05) is 13.7 Å². The van der Waals surface area contributed by atoms with Crippen molar-refractivity contribution in [3.05, 3.63) is 35.9 Å². The Morgan fingerprint density at radius 3 is 2.46 bits per heavy atom. The lowest BCUT2D eigenvalue weighted by Crippen LogP contribution is -2.09. The molecule has 0 atom stereocenters. The largest absolute Gasteiger partial charge is 0.385 e. The lowest BCUT2D eigenvalue weighted by molar-refractivity contribution is 0.184. The maximum Gasteiger partial charge on any atom is 0.0470 e. The lowest BCUT2D eigenvalue weighted by Gasteiger charge is -2.14. The Morgan fingerprint density at radius 1 is 1.23 bits per heavy atom. The molecule has 0 bridgehead atoms. The average Bonchev–Trinajstić information content (AvgIpc) is 2.97. The number of hydrogen-bond acceptors (Lipinski definition) is 1. The first-order valence-corrected chi connectivity index (χ1v) is 4.92. The maximum atomic E-state index is 5.14. The van der Waals surface area contributed by atoms with Gasteiger partial charge in [-0.05, 0) is 30.2 Å². The van der Waals surface area contributed by atoms with Crippen LogP contribution in [0, 0.1) is 0 Å². The van der Waals surface area contributed by atoms with Crippen molar-refractivity contribution in [2.45, 2.75) is 24.7 Å². The zero-order chi connectivity index (χ0) is 9.15. The SMILES string of the molecule is COCCC1(c2ccccc2)CC1. The molecule has 1 nitrogen and oxygen atoms in total. The van der Waals surface area contributed by atoms with E-state index in [1.807, 2.05) is 0 Å². The molecule has 0 saturated heterocycles. The molecule has 0 aromatic heterocycles. The standard InChI is InChI=1S/C12H16O/c1-13-10-9-12(7-8-12)11-5-3-2-4-6-11/h2-6H,7-10H2,1H3. The van der Waals surface area contributed by atoms with E-state index in [2.05, 4.69) is 30.3 Å². The second kappa shape index (κ2) is 3.51. The van der Waals surface area contributed by atoms with Crippen molar-refractivity contribution < 1.29 is 4.74 Å². The van der Waals surface area contributed by atoms with E-state index in [1.165, 1.54) is 24.8 Å². The molecule has 1 fully saturated rings. The molecule has 0 unspecified atom stereocenters. The van der Waals surface area contributed by atoms with Crippen LogP contribution >= 0.6 is 0 Å². The minimum atomic E-state index is 0.470. The lowest BCUT2D eigenvalue weighted by atomic mass is 9.93. The third-order valence-corrected chi connectivity index (χ3v) is 3.02. The fourth-order valence-electron chi connectivity index (χ4n) is 1.92.